The highest BCUT2D eigenvalue weighted by atomic mass is 32.1. The first-order chi connectivity index (χ1) is 19.2. The molecule has 0 bridgehead atoms. The highest BCUT2D eigenvalue weighted by Gasteiger charge is 2.29. The number of ether oxygens (including phenoxy) is 2. The number of nitrogens with zero attached hydrogens (tertiary/aromatic N) is 4. The summed E-state index contributed by atoms with van der Waals surface area (Å²) in [6.45, 7) is 9.71. The maximum Gasteiger partial charge on any atom is 0.407 e. The van der Waals surface area contributed by atoms with E-state index in [1.54, 1.807) is 17.8 Å². The number of piperidine rings is 1. The molecule has 3 heterocycles. The standard InChI is InChI=1S/C29H36N6O4S/c1-18-24(38-21-7-8-21)10-9-22(33-26(36)23-17-40-27(34-23)20-11-12-31-32-15-20)25(18)35-13-5-6-19(16-35)14-30-28(37)39-29(2,3)4/h9-12,15,17,19,21H,5-8,13-14,16H2,1-4H3,(H,30,37)(H,33,36)/t19-/m0/s1. The summed E-state index contributed by atoms with van der Waals surface area (Å²) >= 11 is 1.39. The van der Waals surface area contributed by atoms with Crippen molar-refractivity contribution in [2.45, 2.75) is 65.1 Å². The normalized spacial score (nSPS) is 17.3. The predicted molar refractivity (Wildman–Crippen MR) is 155 cm³/mol. The number of aromatic nitrogens is 3. The van der Waals surface area contributed by atoms with E-state index in [9.17, 15) is 9.59 Å². The number of hydrogen-bond donors (Lipinski definition) is 2. The fourth-order valence-electron chi connectivity index (χ4n) is 4.77. The largest absolute Gasteiger partial charge is 0.490 e. The van der Waals surface area contributed by atoms with Gasteiger partial charge in [0.05, 0.1) is 29.9 Å². The Morgan fingerprint density at radius 1 is 1.15 bits per heavy atom. The highest BCUT2D eigenvalue weighted by molar-refractivity contribution is 7.13. The van der Waals surface area contributed by atoms with Crippen LogP contribution in [0, 0.1) is 12.8 Å². The minimum absolute atomic E-state index is 0.243. The highest BCUT2D eigenvalue weighted by Crippen LogP contribution is 2.40. The van der Waals surface area contributed by atoms with Gasteiger partial charge in [0.2, 0.25) is 0 Å². The molecule has 1 saturated carbocycles. The fourth-order valence-corrected chi connectivity index (χ4v) is 5.56. The summed E-state index contributed by atoms with van der Waals surface area (Å²) in [6, 6.07) is 5.67. The van der Waals surface area contributed by atoms with Crippen molar-refractivity contribution < 1.29 is 19.1 Å². The molecule has 0 spiro atoms. The first-order valence-electron chi connectivity index (χ1n) is 13.7. The van der Waals surface area contributed by atoms with Crippen LogP contribution in [0.25, 0.3) is 10.6 Å². The number of carbonyl (C=O) groups excluding carboxylic acids is 2. The number of thiazole rings is 1. The Hall–Kier alpha value is -3.73. The van der Waals surface area contributed by atoms with E-state index in [0.717, 1.165) is 61.3 Å². The van der Waals surface area contributed by atoms with Gasteiger partial charge in [-0.25, -0.2) is 9.78 Å². The number of benzene rings is 1. The lowest BCUT2D eigenvalue weighted by atomic mass is 9.96. The Kier molecular flexibility index (Phi) is 8.20. The van der Waals surface area contributed by atoms with Crippen LogP contribution in [0.15, 0.2) is 36.0 Å². The molecule has 2 aromatic heterocycles. The molecule has 2 N–H and O–H groups in total. The lowest BCUT2D eigenvalue weighted by Crippen LogP contribution is -2.42. The first kappa shape index (κ1) is 27.8. The summed E-state index contributed by atoms with van der Waals surface area (Å²) in [4.78, 5) is 32.4. The van der Waals surface area contributed by atoms with Gasteiger partial charge in [-0.05, 0) is 77.5 Å². The molecule has 40 heavy (non-hydrogen) atoms. The maximum atomic E-state index is 13.3. The van der Waals surface area contributed by atoms with Crippen LogP contribution in [-0.4, -0.2) is 58.5 Å². The van der Waals surface area contributed by atoms with E-state index in [1.165, 1.54) is 11.3 Å². The summed E-state index contributed by atoms with van der Waals surface area (Å²) in [7, 11) is 0. The molecule has 0 radical (unpaired) electrons. The van der Waals surface area contributed by atoms with Crippen molar-refractivity contribution in [1.82, 2.24) is 20.5 Å². The Balaban J connectivity index is 1.34. The van der Waals surface area contributed by atoms with Gasteiger partial charge in [-0.1, -0.05) is 0 Å². The lowest BCUT2D eigenvalue weighted by molar-refractivity contribution is 0.0517. The van der Waals surface area contributed by atoms with Gasteiger partial charge in [0, 0.05) is 36.1 Å². The molecule has 1 aliphatic heterocycles. The van der Waals surface area contributed by atoms with Gasteiger partial charge < -0.3 is 25.0 Å². The van der Waals surface area contributed by atoms with Crippen LogP contribution >= 0.6 is 11.3 Å². The summed E-state index contributed by atoms with van der Waals surface area (Å²) in [5.41, 5.74) is 3.27. The van der Waals surface area contributed by atoms with Crippen LogP contribution in [0.5, 0.6) is 5.75 Å². The number of amides is 2. The maximum absolute atomic E-state index is 13.3. The average Bonchev–Trinajstić information content (AvgIpc) is 3.60. The third kappa shape index (κ3) is 7.07. The van der Waals surface area contributed by atoms with Crippen LogP contribution in [0.1, 0.15) is 62.5 Å². The Morgan fingerprint density at radius 2 is 1.98 bits per heavy atom. The van der Waals surface area contributed by atoms with Gasteiger partial charge in [-0.15, -0.1) is 11.3 Å². The van der Waals surface area contributed by atoms with Crippen molar-refractivity contribution in [3.63, 3.8) is 0 Å². The topological polar surface area (TPSA) is 119 Å². The summed E-state index contributed by atoms with van der Waals surface area (Å²) < 4.78 is 11.6. The van der Waals surface area contributed by atoms with Crippen LogP contribution in [0.3, 0.4) is 0 Å². The molecule has 1 aliphatic carbocycles. The molecule has 1 saturated heterocycles. The number of alkyl carbamates (subject to hydrolysis) is 1. The van der Waals surface area contributed by atoms with E-state index in [1.807, 2.05) is 45.9 Å². The van der Waals surface area contributed by atoms with E-state index in [0.29, 0.717) is 22.9 Å². The molecular formula is C29H36N6O4S. The molecule has 10 nitrogen and oxygen atoms in total. The molecule has 2 amide bonds. The number of nitrogens with one attached hydrogen (secondary N) is 2. The third-order valence-electron chi connectivity index (χ3n) is 6.78. The summed E-state index contributed by atoms with van der Waals surface area (Å²) in [6.07, 6.45) is 7.18. The van der Waals surface area contributed by atoms with Gasteiger partial charge in [0.25, 0.3) is 5.91 Å². The van der Waals surface area contributed by atoms with Gasteiger partial charge >= 0.3 is 6.09 Å². The molecule has 1 aromatic carbocycles. The molecule has 2 fully saturated rings. The van der Waals surface area contributed by atoms with Gasteiger partial charge in [-0.2, -0.15) is 10.2 Å². The summed E-state index contributed by atoms with van der Waals surface area (Å²) in [5.74, 6) is 0.805. The molecule has 0 unspecified atom stereocenters. The Morgan fingerprint density at radius 3 is 2.70 bits per heavy atom. The van der Waals surface area contributed by atoms with E-state index >= 15 is 0 Å². The quantitative estimate of drug-likeness (QED) is 0.371. The van der Waals surface area contributed by atoms with E-state index in [-0.39, 0.29) is 17.9 Å². The van der Waals surface area contributed by atoms with E-state index in [2.05, 4.69) is 30.7 Å². The van der Waals surface area contributed by atoms with Crippen molar-refractivity contribution in [2.24, 2.45) is 5.92 Å². The van der Waals surface area contributed by atoms with Crippen LogP contribution in [-0.2, 0) is 4.74 Å². The summed E-state index contributed by atoms with van der Waals surface area (Å²) in [5, 5.41) is 16.2. The van der Waals surface area contributed by atoms with Gasteiger partial charge in [-0.3, -0.25) is 4.79 Å². The average molecular weight is 565 g/mol. The van der Waals surface area contributed by atoms with Crippen molar-refractivity contribution in [3.8, 4) is 16.3 Å². The fraction of sp³-hybridized carbons (Fsp3) is 0.483. The molecule has 11 heteroatoms. The van der Waals surface area contributed by atoms with Crippen molar-refractivity contribution in [3.05, 3.63) is 47.2 Å². The lowest BCUT2D eigenvalue weighted by Gasteiger charge is -2.37. The zero-order valence-corrected chi connectivity index (χ0v) is 24.2. The van der Waals surface area contributed by atoms with Crippen molar-refractivity contribution >= 4 is 34.7 Å². The van der Waals surface area contributed by atoms with Gasteiger partial charge in [0.15, 0.2) is 0 Å². The zero-order valence-electron chi connectivity index (χ0n) is 23.4. The molecule has 3 aromatic rings. The second-order valence-corrected chi connectivity index (χ2v) is 12.2. The number of rotatable bonds is 8. The first-order valence-corrected chi connectivity index (χ1v) is 14.6. The monoisotopic (exact) mass is 564 g/mol. The number of anilines is 2. The second kappa shape index (κ2) is 11.8. The Labute approximate surface area is 238 Å². The van der Waals surface area contributed by atoms with Crippen molar-refractivity contribution in [1.29, 1.82) is 0 Å². The molecular weight excluding hydrogens is 528 g/mol. The molecule has 212 valence electrons. The Bertz CT molecular complexity index is 1350. The van der Waals surface area contributed by atoms with Crippen LogP contribution in [0.4, 0.5) is 16.2 Å². The minimum Gasteiger partial charge on any atom is -0.490 e. The molecule has 1 atom stereocenters. The SMILES string of the molecule is Cc1c(OC2CC2)ccc(NC(=O)c2csc(-c3ccnnc3)n2)c1N1CCC[C@@H](CNC(=O)OC(C)(C)C)C1. The number of carbonyl (C=O) groups is 2. The molecule has 5 rings (SSSR count). The number of hydrogen-bond acceptors (Lipinski definition) is 9. The zero-order chi connectivity index (χ0) is 28.3. The predicted octanol–water partition coefficient (Wildman–Crippen LogP) is 5.44. The molecule has 2 aliphatic rings. The van der Waals surface area contributed by atoms with E-state index < -0.39 is 11.7 Å². The van der Waals surface area contributed by atoms with Gasteiger partial charge in [0.1, 0.15) is 22.1 Å². The minimum atomic E-state index is -0.540. The van der Waals surface area contributed by atoms with E-state index in [4.69, 9.17) is 9.47 Å². The third-order valence-corrected chi connectivity index (χ3v) is 7.68. The van der Waals surface area contributed by atoms with Crippen LogP contribution in [0.2, 0.25) is 0 Å². The van der Waals surface area contributed by atoms with Crippen LogP contribution < -0.4 is 20.3 Å². The van der Waals surface area contributed by atoms with Crippen molar-refractivity contribution in [2.75, 3.05) is 29.9 Å². The second-order valence-electron chi connectivity index (χ2n) is 11.4. The smallest absolute Gasteiger partial charge is 0.407 e.